The Morgan fingerprint density at radius 2 is 2.29 bits per heavy atom. The van der Waals surface area contributed by atoms with Gasteiger partial charge in [-0.3, -0.25) is 5.10 Å². The van der Waals surface area contributed by atoms with E-state index in [-0.39, 0.29) is 11.7 Å². The van der Waals surface area contributed by atoms with Crippen LogP contribution in [-0.2, 0) is 0 Å². The van der Waals surface area contributed by atoms with Crippen molar-refractivity contribution in [2.75, 3.05) is 6.61 Å². The lowest BCUT2D eigenvalue weighted by atomic mass is 10.2. The molecule has 21 heavy (non-hydrogen) atoms. The maximum absolute atomic E-state index is 9.67. The molecule has 1 aromatic heterocycles. The zero-order valence-electron chi connectivity index (χ0n) is 12.2. The van der Waals surface area contributed by atoms with E-state index in [0.29, 0.717) is 17.1 Å². The van der Waals surface area contributed by atoms with E-state index < -0.39 is 0 Å². The highest BCUT2D eigenvalue weighted by Crippen LogP contribution is 2.26. The Morgan fingerprint density at radius 1 is 1.52 bits per heavy atom. The first-order valence-corrected chi connectivity index (χ1v) is 7.11. The van der Waals surface area contributed by atoms with Crippen LogP contribution in [0, 0.1) is 4.77 Å². The van der Waals surface area contributed by atoms with Gasteiger partial charge < -0.3 is 9.84 Å². The minimum atomic E-state index is 0.108. The summed E-state index contributed by atoms with van der Waals surface area (Å²) in [5.74, 6) is 1.51. The van der Waals surface area contributed by atoms with Gasteiger partial charge in [0.25, 0.3) is 0 Å². The van der Waals surface area contributed by atoms with Crippen molar-refractivity contribution in [1.82, 2.24) is 14.9 Å². The van der Waals surface area contributed by atoms with Crippen molar-refractivity contribution in [3.8, 4) is 11.5 Å². The molecule has 112 valence electrons. The van der Waals surface area contributed by atoms with Crippen LogP contribution in [0.3, 0.4) is 0 Å². The Labute approximate surface area is 128 Å². The predicted molar refractivity (Wildman–Crippen MR) is 83.8 cm³/mol. The number of nitrogens with zero attached hydrogens (tertiary/aromatic N) is 3. The van der Waals surface area contributed by atoms with E-state index in [2.05, 4.69) is 15.3 Å². The number of phenolic OH excluding ortho intramolecular Hbond substituents is 1. The second-order valence-electron chi connectivity index (χ2n) is 4.76. The summed E-state index contributed by atoms with van der Waals surface area (Å²) in [6.45, 7) is 6.38. The van der Waals surface area contributed by atoms with Crippen molar-refractivity contribution in [1.29, 1.82) is 0 Å². The molecule has 0 bridgehead atoms. The molecule has 0 aliphatic rings. The van der Waals surface area contributed by atoms with E-state index in [1.54, 1.807) is 29.1 Å². The van der Waals surface area contributed by atoms with E-state index in [4.69, 9.17) is 17.0 Å². The first-order valence-electron chi connectivity index (χ1n) is 6.70. The fraction of sp³-hybridized carbons (Fsp3) is 0.357. The molecule has 0 unspecified atom stereocenters. The molecule has 0 saturated heterocycles. The van der Waals surface area contributed by atoms with E-state index in [9.17, 15) is 5.11 Å². The second kappa shape index (κ2) is 6.53. The standard InChI is InChI=1S/C14H18N4O2S/c1-4-20-12-7-10(5-6-11(12)19)8-15-18-13(9(2)3)16-17-14(18)21/h5-9,19H,4H2,1-3H3,(H,17,21)/b15-8-. The van der Waals surface area contributed by atoms with Gasteiger partial charge in [-0.2, -0.15) is 14.9 Å². The number of nitrogens with one attached hydrogen (secondary N) is 1. The first-order chi connectivity index (χ1) is 10.0. The van der Waals surface area contributed by atoms with Gasteiger partial charge in [0.1, 0.15) is 0 Å². The van der Waals surface area contributed by atoms with Crippen LogP contribution in [0.25, 0.3) is 0 Å². The number of aromatic nitrogens is 3. The SMILES string of the molecule is CCOc1cc(/C=N\n2c(C(C)C)n[nH]c2=S)ccc1O. The highest BCUT2D eigenvalue weighted by molar-refractivity contribution is 7.71. The van der Waals surface area contributed by atoms with E-state index in [0.717, 1.165) is 11.4 Å². The summed E-state index contributed by atoms with van der Waals surface area (Å²) in [7, 11) is 0. The summed E-state index contributed by atoms with van der Waals surface area (Å²) in [6.07, 6.45) is 1.65. The maximum atomic E-state index is 9.67. The summed E-state index contributed by atoms with van der Waals surface area (Å²) in [4.78, 5) is 0. The third-order valence-corrected chi connectivity index (χ3v) is 3.06. The smallest absolute Gasteiger partial charge is 0.216 e. The summed E-state index contributed by atoms with van der Waals surface area (Å²) in [5.41, 5.74) is 0.800. The lowest BCUT2D eigenvalue weighted by Gasteiger charge is -2.06. The molecule has 1 aromatic carbocycles. The van der Waals surface area contributed by atoms with Crippen molar-refractivity contribution in [2.24, 2.45) is 5.10 Å². The van der Waals surface area contributed by atoms with Gasteiger partial charge in [-0.15, -0.1) is 0 Å². The van der Waals surface area contributed by atoms with Crippen LogP contribution in [0.1, 0.15) is 38.1 Å². The molecule has 0 radical (unpaired) electrons. The molecule has 0 aliphatic carbocycles. The lowest BCUT2D eigenvalue weighted by molar-refractivity contribution is 0.318. The van der Waals surface area contributed by atoms with Gasteiger partial charge in [0.2, 0.25) is 4.77 Å². The fourth-order valence-corrected chi connectivity index (χ4v) is 1.98. The normalized spacial score (nSPS) is 11.4. The molecule has 0 amide bonds. The van der Waals surface area contributed by atoms with Crippen LogP contribution in [0.4, 0.5) is 0 Å². The molecule has 7 heteroatoms. The number of phenols is 1. The van der Waals surface area contributed by atoms with Crippen molar-refractivity contribution < 1.29 is 9.84 Å². The van der Waals surface area contributed by atoms with Crippen LogP contribution in [0.5, 0.6) is 11.5 Å². The topological polar surface area (TPSA) is 75.4 Å². The Hall–Kier alpha value is -2.15. The van der Waals surface area contributed by atoms with Gasteiger partial charge in [0.15, 0.2) is 17.3 Å². The third kappa shape index (κ3) is 3.49. The Bertz CT molecular complexity index is 703. The van der Waals surface area contributed by atoms with E-state index in [1.165, 1.54) is 0 Å². The van der Waals surface area contributed by atoms with Crippen molar-refractivity contribution >= 4 is 18.4 Å². The number of ether oxygens (including phenoxy) is 1. The van der Waals surface area contributed by atoms with Crippen LogP contribution < -0.4 is 4.74 Å². The number of H-pyrrole nitrogens is 1. The van der Waals surface area contributed by atoms with Gasteiger partial charge in [0.05, 0.1) is 12.8 Å². The van der Waals surface area contributed by atoms with Crippen LogP contribution >= 0.6 is 12.2 Å². The predicted octanol–water partition coefficient (Wildman–Crippen LogP) is 3.05. The number of hydrogen-bond acceptors (Lipinski definition) is 5. The largest absolute Gasteiger partial charge is 0.504 e. The van der Waals surface area contributed by atoms with Crippen molar-refractivity contribution in [2.45, 2.75) is 26.7 Å². The van der Waals surface area contributed by atoms with Crippen molar-refractivity contribution in [3.63, 3.8) is 0 Å². The molecule has 2 aromatic rings. The monoisotopic (exact) mass is 306 g/mol. The molecule has 1 heterocycles. The second-order valence-corrected chi connectivity index (χ2v) is 5.14. The van der Waals surface area contributed by atoms with Gasteiger partial charge >= 0.3 is 0 Å². The zero-order valence-corrected chi connectivity index (χ0v) is 13.0. The minimum Gasteiger partial charge on any atom is -0.504 e. The lowest BCUT2D eigenvalue weighted by Crippen LogP contribution is -2.01. The molecular formula is C14H18N4O2S. The quantitative estimate of drug-likeness (QED) is 0.657. The number of benzene rings is 1. The maximum Gasteiger partial charge on any atom is 0.216 e. The average Bonchev–Trinajstić information content (AvgIpc) is 2.81. The van der Waals surface area contributed by atoms with Gasteiger partial charge in [0, 0.05) is 5.92 Å². The van der Waals surface area contributed by atoms with Crippen molar-refractivity contribution in [3.05, 3.63) is 34.4 Å². The molecule has 0 spiro atoms. The summed E-state index contributed by atoms with van der Waals surface area (Å²) in [5, 5.41) is 20.9. The summed E-state index contributed by atoms with van der Waals surface area (Å²) < 4.78 is 7.38. The molecule has 2 N–H and O–H groups in total. The molecule has 0 aliphatic heterocycles. The molecule has 0 fully saturated rings. The Morgan fingerprint density at radius 3 is 2.95 bits per heavy atom. The molecule has 2 rings (SSSR count). The molecule has 0 saturated carbocycles. The number of rotatable bonds is 5. The molecule has 0 atom stereocenters. The molecule has 6 nitrogen and oxygen atoms in total. The highest BCUT2D eigenvalue weighted by Gasteiger charge is 2.09. The number of aromatic amines is 1. The fourth-order valence-electron chi connectivity index (χ4n) is 1.80. The minimum absolute atomic E-state index is 0.108. The zero-order chi connectivity index (χ0) is 15.4. The van der Waals surface area contributed by atoms with Crippen LogP contribution in [0.15, 0.2) is 23.3 Å². The average molecular weight is 306 g/mol. The van der Waals surface area contributed by atoms with Gasteiger partial charge in [-0.05, 0) is 42.9 Å². The Kier molecular flexibility index (Phi) is 4.74. The third-order valence-electron chi connectivity index (χ3n) is 2.80. The van der Waals surface area contributed by atoms with Gasteiger partial charge in [-0.1, -0.05) is 13.8 Å². The number of aromatic hydroxyl groups is 1. The van der Waals surface area contributed by atoms with E-state index >= 15 is 0 Å². The summed E-state index contributed by atoms with van der Waals surface area (Å²) >= 11 is 5.16. The number of hydrogen-bond donors (Lipinski definition) is 2. The first kappa shape index (κ1) is 15.2. The van der Waals surface area contributed by atoms with Gasteiger partial charge in [-0.25, -0.2) is 0 Å². The van der Waals surface area contributed by atoms with Crippen LogP contribution in [0.2, 0.25) is 0 Å². The molecular weight excluding hydrogens is 288 g/mol. The van der Waals surface area contributed by atoms with Crippen LogP contribution in [-0.4, -0.2) is 32.8 Å². The highest BCUT2D eigenvalue weighted by atomic mass is 32.1. The summed E-state index contributed by atoms with van der Waals surface area (Å²) in [6, 6.07) is 5.05. The van der Waals surface area contributed by atoms with E-state index in [1.807, 2.05) is 20.8 Å². The Balaban J connectivity index is 2.32.